The van der Waals surface area contributed by atoms with Crippen LogP contribution in [0.4, 0.5) is 0 Å². The third-order valence-electron chi connectivity index (χ3n) is 2.19. The molecule has 0 aliphatic rings. The molecule has 3 heteroatoms. The highest BCUT2D eigenvalue weighted by molar-refractivity contribution is 5.85. The van der Waals surface area contributed by atoms with E-state index in [-0.39, 0.29) is 17.6 Å². The van der Waals surface area contributed by atoms with E-state index in [0.717, 1.165) is 19.3 Å². The molecule has 0 aromatic rings. The molecule has 1 N–H and O–H groups in total. The van der Waals surface area contributed by atoms with Gasteiger partial charge >= 0.3 is 0 Å². The molecule has 0 radical (unpaired) electrons. The molecule has 0 rings (SSSR count). The number of carbonyl (C=O) groups is 2. The normalized spacial score (nSPS) is 12.2. The van der Waals surface area contributed by atoms with Crippen LogP contribution in [0.25, 0.3) is 0 Å². The molecule has 1 atom stereocenters. The molecule has 0 bridgehead atoms. The van der Waals surface area contributed by atoms with Crippen LogP contribution < -0.4 is 5.32 Å². The first-order valence-electron chi connectivity index (χ1n) is 4.82. The van der Waals surface area contributed by atoms with Gasteiger partial charge in [-0.15, -0.1) is 0 Å². The van der Waals surface area contributed by atoms with Crippen LogP contribution in [0, 0.1) is 5.92 Å². The van der Waals surface area contributed by atoms with Crippen molar-refractivity contribution in [3.8, 4) is 0 Å². The van der Waals surface area contributed by atoms with Gasteiger partial charge in [-0.1, -0.05) is 19.8 Å². The van der Waals surface area contributed by atoms with Crippen LogP contribution in [0.3, 0.4) is 0 Å². The number of ketones is 1. The number of carbonyl (C=O) groups excluding carboxylic acids is 2. The van der Waals surface area contributed by atoms with Gasteiger partial charge in [0.05, 0.1) is 0 Å². The van der Waals surface area contributed by atoms with E-state index in [9.17, 15) is 9.59 Å². The molecule has 3 nitrogen and oxygen atoms in total. The molecule has 1 amide bonds. The third-order valence-corrected chi connectivity index (χ3v) is 2.19. The predicted molar refractivity (Wildman–Crippen MR) is 52.4 cm³/mol. The quantitative estimate of drug-likeness (QED) is 0.682. The Bertz CT molecular complexity index is 178. The second kappa shape index (κ2) is 6.63. The van der Waals surface area contributed by atoms with Crippen molar-refractivity contribution < 1.29 is 9.59 Å². The van der Waals surface area contributed by atoms with E-state index in [1.54, 1.807) is 14.0 Å². The van der Waals surface area contributed by atoms with Gasteiger partial charge in [-0.3, -0.25) is 9.59 Å². The Morgan fingerprint density at radius 3 is 2.38 bits per heavy atom. The van der Waals surface area contributed by atoms with Crippen LogP contribution in [0.1, 0.15) is 39.5 Å². The number of amides is 1. The lowest BCUT2D eigenvalue weighted by Crippen LogP contribution is -2.24. The topological polar surface area (TPSA) is 46.2 Å². The van der Waals surface area contributed by atoms with Gasteiger partial charge < -0.3 is 5.32 Å². The molecule has 0 aliphatic heterocycles. The monoisotopic (exact) mass is 185 g/mol. The van der Waals surface area contributed by atoms with Gasteiger partial charge in [-0.25, -0.2) is 0 Å². The van der Waals surface area contributed by atoms with Crippen LogP contribution in [0.5, 0.6) is 0 Å². The Balaban J connectivity index is 3.94. The smallest absolute Gasteiger partial charge is 0.220 e. The van der Waals surface area contributed by atoms with Crippen molar-refractivity contribution in [2.75, 3.05) is 7.05 Å². The third kappa shape index (κ3) is 5.39. The van der Waals surface area contributed by atoms with Crippen molar-refractivity contribution in [3.05, 3.63) is 0 Å². The molecule has 1 unspecified atom stereocenters. The van der Waals surface area contributed by atoms with Crippen molar-refractivity contribution in [3.63, 3.8) is 0 Å². The average molecular weight is 185 g/mol. The van der Waals surface area contributed by atoms with Crippen molar-refractivity contribution in [2.45, 2.75) is 39.5 Å². The Hall–Kier alpha value is -0.860. The maximum atomic E-state index is 11.1. The Labute approximate surface area is 79.9 Å². The van der Waals surface area contributed by atoms with Crippen LogP contribution in [-0.2, 0) is 9.59 Å². The van der Waals surface area contributed by atoms with Gasteiger partial charge in [0.1, 0.15) is 5.78 Å². The molecule has 0 aliphatic carbocycles. The van der Waals surface area contributed by atoms with E-state index in [4.69, 9.17) is 0 Å². The summed E-state index contributed by atoms with van der Waals surface area (Å²) in [5, 5.41) is 2.54. The molecule has 0 aromatic heterocycles. The predicted octanol–water partition coefficient (Wildman–Crippen LogP) is 1.52. The molecule has 0 saturated heterocycles. The summed E-state index contributed by atoms with van der Waals surface area (Å²) in [6, 6.07) is 0. The zero-order valence-electron chi connectivity index (χ0n) is 8.72. The van der Waals surface area contributed by atoms with Crippen LogP contribution >= 0.6 is 0 Å². The van der Waals surface area contributed by atoms with Crippen LogP contribution in [0.2, 0.25) is 0 Å². The van der Waals surface area contributed by atoms with Crippen molar-refractivity contribution in [1.29, 1.82) is 0 Å². The van der Waals surface area contributed by atoms with E-state index in [0.29, 0.717) is 6.42 Å². The van der Waals surface area contributed by atoms with Gasteiger partial charge in [0, 0.05) is 19.4 Å². The number of rotatable bonds is 6. The summed E-state index contributed by atoms with van der Waals surface area (Å²) in [7, 11) is 1.60. The molecule has 0 saturated carbocycles. The van der Waals surface area contributed by atoms with Gasteiger partial charge in [0.25, 0.3) is 0 Å². The summed E-state index contributed by atoms with van der Waals surface area (Å²) in [5.74, 6) is -0.00625. The average Bonchev–Trinajstić information content (AvgIpc) is 2.11. The minimum absolute atomic E-state index is 0.0451. The van der Waals surface area contributed by atoms with E-state index in [1.807, 2.05) is 0 Å². The first kappa shape index (κ1) is 12.1. The lowest BCUT2D eigenvalue weighted by Gasteiger charge is -2.11. The van der Waals surface area contributed by atoms with Gasteiger partial charge in [0.2, 0.25) is 5.91 Å². The highest BCUT2D eigenvalue weighted by Gasteiger charge is 2.16. The van der Waals surface area contributed by atoms with Crippen molar-refractivity contribution in [1.82, 2.24) is 5.32 Å². The fourth-order valence-electron chi connectivity index (χ4n) is 1.23. The second-order valence-corrected chi connectivity index (χ2v) is 3.33. The highest BCUT2D eigenvalue weighted by Crippen LogP contribution is 2.13. The number of unbranched alkanes of at least 4 members (excludes halogenated alkanes) is 1. The summed E-state index contributed by atoms with van der Waals surface area (Å²) in [4.78, 5) is 22.1. The zero-order valence-corrected chi connectivity index (χ0v) is 8.72. The van der Waals surface area contributed by atoms with Gasteiger partial charge in [-0.05, 0) is 13.3 Å². The standard InChI is InChI=1S/C10H19NO2/c1-4-5-6-9(8(2)12)7-10(13)11-3/h9H,4-7H2,1-3H3,(H,11,13). The van der Waals surface area contributed by atoms with Crippen LogP contribution in [0.15, 0.2) is 0 Å². The van der Waals surface area contributed by atoms with E-state index >= 15 is 0 Å². The fraction of sp³-hybridized carbons (Fsp3) is 0.800. The largest absolute Gasteiger partial charge is 0.359 e. The second-order valence-electron chi connectivity index (χ2n) is 3.33. The first-order chi connectivity index (χ1) is 6.11. The summed E-state index contributed by atoms with van der Waals surface area (Å²) in [5.41, 5.74) is 0. The first-order valence-corrected chi connectivity index (χ1v) is 4.82. The molecule has 0 fully saturated rings. The van der Waals surface area contributed by atoms with Crippen molar-refractivity contribution in [2.24, 2.45) is 5.92 Å². The maximum Gasteiger partial charge on any atom is 0.220 e. The summed E-state index contributed by atoms with van der Waals surface area (Å²) in [6.07, 6.45) is 3.25. The SMILES string of the molecule is CCCCC(CC(=O)NC)C(C)=O. The maximum absolute atomic E-state index is 11.1. The summed E-state index contributed by atoms with van der Waals surface area (Å²) in [6.45, 7) is 3.64. The molecule has 0 aromatic carbocycles. The lowest BCUT2D eigenvalue weighted by molar-refractivity contribution is -0.127. The number of hydrogen-bond acceptors (Lipinski definition) is 2. The Kier molecular flexibility index (Phi) is 6.20. The van der Waals surface area contributed by atoms with Crippen LogP contribution in [-0.4, -0.2) is 18.7 Å². The molecule has 0 heterocycles. The Morgan fingerprint density at radius 2 is 2.00 bits per heavy atom. The molecular formula is C10H19NO2. The van der Waals surface area contributed by atoms with E-state index in [1.165, 1.54) is 0 Å². The molecule has 0 spiro atoms. The number of nitrogens with one attached hydrogen (secondary N) is 1. The number of Topliss-reactive ketones (excluding diaryl/α,β-unsaturated/α-hetero) is 1. The van der Waals surface area contributed by atoms with E-state index in [2.05, 4.69) is 12.2 Å². The van der Waals surface area contributed by atoms with Gasteiger partial charge in [-0.2, -0.15) is 0 Å². The highest BCUT2D eigenvalue weighted by atomic mass is 16.2. The van der Waals surface area contributed by atoms with Gasteiger partial charge in [0.15, 0.2) is 0 Å². The summed E-state index contributed by atoms with van der Waals surface area (Å²) < 4.78 is 0. The van der Waals surface area contributed by atoms with Crippen molar-refractivity contribution >= 4 is 11.7 Å². The number of hydrogen-bond donors (Lipinski definition) is 1. The minimum atomic E-state index is -0.0834. The van der Waals surface area contributed by atoms with E-state index < -0.39 is 0 Å². The minimum Gasteiger partial charge on any atom is -0.359 e. The molecular weight excluding hydrogens is 166 g/mol. The molecule has 76 valence electrons. The summed E-state index contributed by atoms with van der Waals surface area (Å²) >= 11 is 0. The Morgan fingerprint density at radius 1 is 1.38 bits per heavy atom. The fourth-order valence-corrected chi connectivity index (χ4v) is 1.23. The zero-order chi connectivity index (χ0) is 10.3. The molecule has 13 heavy (non-hydrogen) atoms. The lowest BCUT2D eigenvalue weighted by atomic mass is 9.94.